The van der Waals surface area contributed by atoms with Gasteiger partial charge in [-0.05, 0) is 35.7 Å². The van der Waals surface area contributed by atoms with Crippen LogP contribution in [0.25, 0.3) is 0 Å². The lowest BCUT2D eigenvalue weighted by atomic mass is 10.1. The molecule has 0 aromatic heterocycles. The fraction of sp³-hybridized carbons (Fsp3) is 0.286. The number of esters is 1. The van der Waals surface area contributed by atoms with Gasteiger partial charge in [-0.15, -0.1) is 0 Å². The number of benzene rings is 3. The Bertz CT molecular complexity index is 1000. The van der Waals surface area contributed by atoms with Crippen LogP contribution in [0.2, 0.25) is 0 Å². The summed E-state index contributed by atoms with van der Waals surface area (Å²) < 4.78 is 10.6. The van der Waals surface area contributed by atoms with Crippen molar-refractivity contribution in [2.75, 3.05) is 14.2 Å². The molecule has 0 heterocycles. The van der Waals surface area contributed by atoms with Gasteiger partial charge in [-0.2, -0.15) is 0 Å². The van der Waals surface area contributed by atoms with Gasteiger partial charge in [-0.25, -0.2) is 4.79 Å². The zero-order chi connectivity index (χ0) is 24.1. The van der Waals surface area contributed by atoms with Crippen LogP contribution < -0.4 is 4.74 Å². The van der Waals surface area contributed by atoms with Gasteiger partial charge in [-0.3, -0.25) is 4.79 Å². The molecule has 0 saturated heterocycles. The summed E-state index contributed by atoms with van der Waals surface area (Å²) in [6.07, 6.45) is 1.12. The first-order valence-corrected chi connectivity index (χ1v) is 11.2. The molecule has 1 amide bonds. The summed E-state index contributed by atoms with van der Waals surface area (Å²) in [5.41, 5.74) is 3.46. The van der Waals surface area contributed by atoms with E-state index >= 15 is 0 Å². The minimum atomic E-state index is -0.378. The number of aryl methyl sites for hydroxylation is 1. The molecule has 0 fully saturated rings. The van der Waals surface area contributed by atoms with E-state index in [1.54, 1.807) is 17.0 Å². The third kappa shape index (κ3) is 8.11. The van der Waals surface area contributed by atoms with Gasteiger partial charge in [0.2, 0.25) is 5.91 Å². The van der Waals surface area contributed by atoms with Crippen molar-refractivity contribution in [3.63, 3.8) is 0 Å². The van der Waals surface area contributed by atoms with Gasteiger partial charge in [0.05, 0.1) is 12.7 Å². The first-order valence-electron chi connectivity index (χ1n) is 11.2. The Balaban J connectivity index is 0.00000187. The van der Waals surface area contributed by atoms with Gasteiger partial charge in [0.1, 0.15) is 12.4 Å². The van der Waals surface area contributed by atoms with Crippen molar-refractivity contribution in [3.8, 4) is 5.75 Å². The summed E-state index contributed by atoms with van der Waals surface area (Å²) in [4.78, 5) is 26.0. The van der Waals surface area contributed by atoms with Crippen molar-refractivity contribution >= 4 is 11.9 Å². The van der Waals surface area contributed by atoms with Crippen molar-refractivity contribution in [1.82, 2.24) is 4.90 Å². The van der Waals surface area contributed by atoms with E-state index < -0.39 is 0 Å². The van der Waals surface area contributed by atoms with Crippen molar-refractivity contribution in [2.45, 2.75) is 39.8 Å². The zero-order valence-corrected chi connectivity index (χ0v) is 19.9. The maximum Gasteiger partial charge on any atom is 0.338 e. The molecule has 0 atom stereocenters. The van der Waals surface area contributed by atoms with Crippen LogP contribution in [-0.2, 0) is 29.1 Å². The maximum atomic E-state index is 12.4. The average Bonchev–Trinajstić information content (AvgIpc) is 2.88. The van der Waals surface area contributed by atoms with Crippen LogP contribution in [0.1, 0.15) is 47.3 Å². The number of amides is 1. The molecule has 0 radical (unpaired) electrons. The molecule has 0 spiro atoms. The summed E-state index contributed by atoms with van der Waals surface area (Å²) in [6, 6.07) is 24.9. The Labute approximate surface area is 197 Å². The van der Waals surface area contributed by atoms with E-state index in [-0.39, 0.29) is 18.5 Å². The fourth-order valence-corrected chi connectivity index (χ4v) is 3.26. The van der Waals surface area contributed by atoms with Crippen molar-refractivity contribution in [2.24, 2.45) is 0 Å². The molecule has 174 valence electrons. The Morgan fingerprint density at radius 2 is 1.45 bits per heavy atom. The topological polar surface area (TPSA) is 55.8 Å². The van der Waals surface area contributed by atoms with Gasteiger partial charge in [0, 0.05) is 25.6 Å². The molecule has 0 aliphatic rings. The van der Waals surface area contributed by atoms with E-state index in [9.17, 15) is 9.59 Å². The van der Waals surface area contributed by atoms with E-state index in [1.807, 2.05) is 87.6 Å². The molecular weight excluding hydrogens is 414 g/mol. The van der Waals surface area contributed by atoms with E-state index in [4.69, 9.17) is 9.47 Å². The second-order valence-corrected chi connectivity index (χ2v) is 7.32. The lowest BCUT2D eigenvalue weighted by molar-refractivity contribution is -0.130. The van der Waals surface area contributed by atoms with Gasteiger partial charge >= 0.3 is 5.97 Å². The van der Waals surface area contributed by atoms with Gasteiger partial charge in [0.25, 0.3) is 0 Å². The number of hydrogen-bond donors (Lipinski definition) is 0. The van der Waals surface area contributed by atoms with Crippen molar-refractivity contribution < 1.29 is 19.1 Å². The van der Waals surface area contributed by atoms with E-state index in [1.165, 1.54) is 7.11 Å². The minimum Gasteiger partial charge on any atom is -0.489 e. The first kappa shape index (κ1) is 25.7. The number of ether oxygens (including phenoxy) is 2. The third-order valence-electron chi connectivity index (χ3n) is 5.06. The van der Waals surface area contributed by atoms with E-state index in [2.05, 4.69) is 0 Å². The zero-order valence-electron chi connectivity index (χ0n) is 19.9. The summed E-state index contributed by atoms with van der Waals surface area (Å²) in [6.45, 7) is 4.88. The van der Waals surface area contributed by atoms with Crippen LogP contribution in [0.5, 0.6) is 5.75 Å². The Morgan fingerprint density at radius 3 is 2.12 bits per heavy atom. The SMILES string of the molecule is CC.COC(=O)c1ccccc1COc1ccc(CCC(=O)N(C)Cc2ccccc2)cc1. The van der Waals surface area contributed by atoms with Crippen molar-refractivity contribution in [1.29, 1.82) is 0 Å². The predicted octanol–water partition coefficient (Wildman–Crippen LogP) is 5.67. The van der Waals surface area contributed by atoms with Crippen LogP contribution in [0.15, 0.2) is 78.9 Å². The van der Waals surface area contributed by atoms with Crippen LogP contribution in [0.3, 0.4) is 0 Å². The highest BCUT2D eigenvalue weighted by atomic mass is 16.5. The normalized spacial score (nSPS) is 9.94. The largest absolute Gasteiger partial charge is 0.489 e. The first-order chi connectivity index (χ1) is 16.1. The van der Waals surface area contributed by atoms with E-state index in [0.717, 1.165) is 16.7 Å². The second-order valence-electron chi connectivity index (χ2n) is 7.32. The molecule has 3 aromatic carbocycles. The quantitative estimate of drug-likeness (QED) is 0.397. The Morgan fingerprint density at radius 1 is 0.818 bits per heavy atom. The Kier molecular flexibility index (Phi) is 10.7. The molecule has 0 unspecified atom stereocenters. The summed E-state index contributed by atoms with van der Waals surface area (Å²) in [5, 5.41) is 0. The molecule has 3 aromatic rings. The van der Waals surface area contributed by atoms with Crippen LogP contribution >= 0.6 is 0 Å². The monoisotopic (exact) mass is 447 g/mol. The molecule has 5 nitrogen and oxygen atoms in total. The van der Waals surface area contributed by atoms with Gasteiger partial charge in [0.15, 0.2) is 0 Å². The molecule has 0 bridgehead atoms. The highest BCUT2D eigenvalue weighted by Crippen LogP contribution is 2.18. The van der Waals surface area contributed by atoms with Gasteiger partial charge < -0.3 is 14.4 Å². The molecule has 0 saturated carbocycles. The Hall–Kier alpha value is -3.60. The molecule has 0 N–H and O–H groups in total. The molecule has 0 aliphatic heterocycles. The molecule has 0 aliphatic carbocycles. The smallest absolute Gasteiger partial charge is 0.338 e. The number of carbonyl (C=O) groups excluding carboxylic acids is 2. The lowest BCUT2D eigenvalue weighted by Crippen LogP contribution is -2.26. The highest BCUT2D eigenvalue weighted by molar-refractivity contribution is 5.90. The fourth-order valence-electron chi connectivity index (χ4n) is 3.26. The molecule has 33 heavy (non-hydrogen) atoms. The highest BCUT2D eigenvalue weighted by Gasteiger charge is 2.12. The van der Waals surface area contributed by atoms with Crippen LogP contribution in [-0.4, -0.2) is 30.9 Å². The van der Waals surface area contributed by atoms with Crippen molar-refractivity contribution in [3.05, 3.63) is 101 Å². The lowest BCUT2D eigenvalue weighted by Gasteiger charge is -2.17. The summed E-state index contributed by atoms with van der Waals surface area (Å²) >= 11 is 0. The number of methoxy groups -OCH3 is 1. The number of rotatable bonds is 9. The third-order valence-corrected chi connectivity index (χ3v) is 5.06. The summed E-state index contributed by atoms with van der Waals surface area (Å²) in [7, 11) is 3.20. The molecule has 5 heteroatoms. The second kappa shape index (κ2) is 13.7. The number of nitrogens with zero attached hydrogens (tertiary/aromatic N) is 1. The summed E-state index contributed by atoms with van der Waals surface area (Å²) in [5.74, 6) is 0.441. The van der Waals surface area contributed by atoms with Gasteiger partial charge in [-0.1, -0.05) is 74.5 Å². The number of carbonyl (C=O) groups is 2. The molecule has 3 rings (SSSR count). The standard InChI is InChI=1S/C26H27NO4.C2H6/c1-27(18-21-8-4-3-5-9-21)25(28)17-14-20-12-15-23(16-13-20)31-19-22-10-6-7-11-24(22)26(29)30-2;1-2/h3-13,15-16H,14,17-19H2,1-2H3;1-2H3. The minimum absolute atomic E-state index is 0.114. The van der Waals surface area contributed by atoms with Crippen LogP contribution in [0, 0.1) is 0 Å². The van der Waals surface area contributed by atoms with E-state index in [0.29, 0.717) is 30.7 Å². The van der Waals surface area contributed by atoms with Crippen LogP contribution in [0.4, 0.5) is 0 Å². The maximum absolute atomic E-state index is 12.4. The average molecular weight is 448 g/mol. The predicted molar refractivity (Wildman–Crippen MR) is 131 cm³/mol. The number of hydrogen-bond acceptors (Lipinski definition) is 4. The molecular formula is C28H33NO4.